The molecule has 0 bridgehead atoms. The van der Waals surface area contributed by atoms with E-state index in [-0.39, 0.29) is 5.91 Å². The lowest BCUT2D eigenvalue weighted by Crippen LogP contribution is -2.48. The van der Waals surface area contributed by atoms with Crippen molar-refractivity contribution >= 4 is 11.7 Å². The molecule has 0 radical (unpaired) electrons. The Bertz CT molecular complexity index is 433. The molecule has 1 aromatic rings. The van der Waals surface area contributed by atoms with Crippen LogP contribution in [0.15, 0.2) is 12.3 Å². The molecular formula is C13H20N4O. The van der Waals surface area contributed by atoms with Crippen molar-refractivity contribution < 1.29 is 4.79 Å². The van der Waals surface area contributed by atoms with Gasteiger partial charge in [0.25, 0.3) is 0 Å². The van der Waals surface area contributed by atoms with Crippen molar-refractivity contribution in [2.24, 2.45) is 0 Å². The minimum Gasteiger partial charge on any atom is -0.353 e. The van der Waals surface area contributed by atoms with Crippen LogP contribution in [0.5, 0.6) is 0 Å². The first-order valence-corrected chi connectivity index (χ1v) is 6.38. The van der Waals surface area contributed by atoms with Gasteiger partial charge in [-0.05, 0) is 30.7 Å². The number of piperazine rings is 1. The summed E-state index contributed by atoms with van der Waals surface area (Å²) in [6, 6.07) is 2.14. The lowest BCUT2D eigenvalue weighted by Gasteiger charge is -2.28. The molecule has 1 aliphatic heterocycles. The second-order valence-electron chi connectivity index (χ2n) is 4.54. The maximum atomic E-state index is 11.4. The maximum Gasteiger partial charge on any atom is 0.239 e. The van der Waals surface area contributed by atoms with Crippen LogP contribution in [0.1, 0.15) is 18.1 Å². The van der Waals surface area contributed by atoms with Gasteiger partial charge in [-0.15, -0.1) is 0 Å². The summed E-state index contributed by atoms with van der Waals surface area (Å²) in [6.07, 6.45) is 1.89. The molecule has 0 unspecified atom stereocenters. The van der Waals surface area contributed by atoms with Crippen molar-refractivity contribution in [3.8, 4) is 0 Å². The van der Waals surface area contributed by atoms with Crippen LogP contribution in [0.4, 0.5) is 5.82 Å². The molecule has 2 rings (SSSR count). The Labute approximate surface area is 108 Å². The zero-order chi connectivity index (χ0) is 13.0. The number of anilines is 1. The molecule has 0 saturated carbocycles. The van der Waals surface area contributed by atoms with E-state index in [2.05, 4.69) is 28.6 Å². The number of pyridine rings is 1. The van der Waals surface area contributed by atoms with Crippen LogP contribution < -0.4 is 15.5 Å². The van der Waals surface area contributed by atoms with E-state index in [4.69, 9.17) is 0 Å². The number of carbonyl (C=O) groups is 1. The number of carbonyl (C=O) groups excluding carboxylic acids is 1. The first kappa shape index (κ1) is 12.8. The van der Waals surface area contributed by atoms with E-state index in [0.29, 0.717) is 13.1 Å². The Hall–Kier alpha value is -1.62. The predicted octanol–water partition coefficient (Wildman–Crippen LogP) is 0.436. The molecule has 0 aromatic carbocycles. The van der Waals surface area contributed by atoms with E-state index in [1.807, 2.05) is 18.0 Å². The number of aryl methyl sites for hydroxylation is 1. The minimum atomic E-state index is 0.0687. The SMILES string of the molecule is CCNCc1cnc(N2CCNC(=O)C2)c(C)c1. The summed E-state index contributed by atoms with van der Waals surface area (Å²) in [6.45, 7) is 7.84. The van der Waals surface area contributed by atoms with E-state index in [9.17, 15) is 4.79 Å². The van der Waals surface area contributed by atoms with Crippen molar-refractivity contribution in [2.45, 2.75) is 20.4 Å². The van der Waals surface area contributed by atoms with Crippen molar-refractivity contribution in [3.05, 3.63) is 23.4 Å². The molecule has 0 aliphatic carbocycles. The van der Waals surface area contributed by atoms with Crippen LogP contribution in [0.3, 0.4) is 0 Å². The zero-order valence-corrected chi connectivity index (χ0v) is 11.0. The van der Waals surface area contributed by atoms with E-state index in [0.717, 1.165) is 31.0 Å². The number of nitrogens with zero attached hydrogens (tertiary/aromatic N) is 2. The molecule has 5 heteroatoms. The number of rotatable bonds is 4. The summed E-state index contributed by atoms with van der Waals surface area (Å²) < 4.78 is 0. The lowest BCUT2D eigenvalue weighted by atomic mass is 10.2. The maximum absolute atomic E-state index is 11.4. The highest BCUT2D eigenvalue weighted by atomic mass is 16.2. The van der Waals surface area contributed by atoms with Crippen LogP contribution >= 0.6 is 0 Å². The van der Waals surface area contributed by atoms with Crippen LogP contribution in [-0.2, 0) is 11.3 Å². The van der Waals surface area contributed by atoms with E-state index in [1.165, 1.54) is 5.56 Å². The Balaban J connectivity index is 2.11. The molecule has 1 aliphatic rings. The van der Waals surface area contributed by atoms with Gasteiger partial charge in [-0.1, -0.05) is 6.92 Å². The summed E-state index contributed by atoms with van der Waals surface area (Å²) in [5, 5.41) is 6.10. The fourth-order valence-electron chi connectivity index (χ4n) is 2.14. The van der Waals surface area contributed by atoms with Gasteiger partial charge in [-0.2, -0.15) is 0 Å². The third kappa shape index (κ3) is 2.98. The van der Waals surface area contributed by atoms with Crippen LogP contribution in [-0.4, -0.2) is 37.1 Å². The number of aromatic nitrogens is 1. The second-order valence-corrected chi connectivity index (χ2v) is 4.54. The van der Waals surface area contributed by atoms with Crippen molar-refractivity contribution in [1.82, 2.24) is 15.6 Å². The van der Waals surface area contributed by atoms with Gasteiger partial charge in [0.1, 0.15) is 5.82 Å². The van der Waals surface area contributed by atoms with Gasteiger partial charge < -0.3 is 15.5 Å². The molecule has 1 saturated heterocycles. The number of amides is 1. The first-order valence-electron chi connectivity index (χ1n) is 6.38. The predicted molar refractivity (Wildman–Crippen MR) is 71.6 cm³/mol. The molecule has 18 heavy (non-hydrogen) atoms. The van der Waals surface area contributed by atoms with Crippen LogP contribution in [0.25, 0.3) is 0 Å². The van der Waals surface area contributed by atoms with Gasteiger partial charge in [0.15, 0.2) is 0 Å². The normalized spacial score (nSPS) is 15.7. The summed E-state index contributed by atoms with van der Waals surface area (Å²) >= 11 is 0. The highest BCUT2D eigenvalue weighted by Crippen LogP contribution is 2.18. The fourth-order valence-corrected chi connectivity index (χ4v) is 2.14. The quantitative estimate of drug-likeness (QED) is 0.811. The smallest absolute Gasteiger partial charge is 0.239 e. The highest BCUT2D eigenvalue weighted by molar-refractivity contribution is 5.82. The lowest BCUT2D eigenvalue weighted by molar-refractivity contribution is -0.120. The van der Waals surface area contributed by atoms with E-state index >= 15 is 0 Å². The molecule has 5 nitrogen and oxygen atoms in total. The average molecular weight is 248 g/mol. The minimum absolute atomic E-state index is 0.0687. The summed E-state index contributed by atoms with van der Waals surface area (Å²) in [7, 11) is 0. The molecule has 1 amide bonds. The van der Waals surface area contributed by atoms with Crippen LogP contribution in [0.2, 0.25) is 0 Å². The fraction of sp³-hybridized carbons (Fsp3) is 0.538. The van der Waals surface area contributed by atoms with Gasteiger partial charge in [0.2, 0.25) is 5.91 Å². The molecule has 1 aromatic heterocycles. The largest absolute Gasteiger partial charge is 0.353 e. The van der Waals surface area contributed by atoms with Crippen LogP contribution in [0, 0.1) is 6.92 Å². The first-order chi connectivity index (χ1) is 8.70. The Morgan fingerprint density at radius 1 is 1.56 bits per heavy atom. The standard InChI is InChI=1S/C13H20N4O/c1-3-14-7-11-6-10(2)13(16-8-11)17-5-4-15-12(18)9-17/h6,8,14H,3-5,7,9H2,1-2H3,(H,15,18). The Morgan fingerprint density at radius 3 is 3.06 bits per heavy atom. The van der Waals surface area contributed by atoms with Crippen molar-refractivity contribution in [2.75, 3.05) is 31.1 Å². The molecule has 0 atom stereocenters. The Kier molecular flexibility index (Phi) is 4.15. The average Bonchev–Trinajstić information content (AvgIpc) is 2.36. The monoisotopic (exact) mass is 248 g/mol. The number of nitrogens with one attached hydrogen (secondary N) is 2. The van der Waals surface area contributed by atoms with E-state index < -0.39 is 0 Å². The van der Waals surface area contributed by atoms with Gasteiger partial charge in [-0.25, -0.2) is 4.98 Å². The van der Waals surface area contributed by atoms with E-state index in [1.54, 1.807) is 0 Å². The van der Waals surface area contributed by atoms with Crippen molar-refractivity contribution in [1.29, 1.82) is 0 Å². The number of hydrogen-bond donors (Lipinski definition) is 2. The van der Waals surface area contributed by atoms with Gasteiger partial charge in [0, 0.05) is 25.8 Å². The number of hydrogen-bond acceptors (Lipinski definition) is 4. The highest BCUT2D eigenvalue weighted by Gasteiger charge is 2.18. The Morgan fingerprint density at radius 2 is 2.39 bits per heavy atom. The zero-order valence-electron chi connectivity index (χ0n) is 11.0. The third-order valence-electron chi connectivity index (χ3n) is 3.02. The molecule has 98 valence electrons. The summed E-state index contributed by atoms with van der Waals surface area (Å²) in [4.78, 5) is 17.9. The molecule has 2 N–H and O–H groups in total. The summed E-state index contributed by atoms with van der Waals surface area (Å²) in [5.74, 6) is 0.990. The molecule has 2 heterocycles. The van der Waals surface area contributed by atoms with Gasteiger partial charge in [-0.3, -0.25) is 4.79 Å². The molecule has 1 fully saturated rings. The van der Waals surface area contributed by atoms with Gasteiger partial charge >= 0.3 is 0 Å². The van der Waals surface area contributed by atoms with Crippen molar-refractivity contribution in [3.63, 3.8) is 0 Å². The second kappa shape index (κ2) is 5.82. The third-order valence-corrected chi connectivity index (χ3v) is 3.02. The van der Waals surface area contributed by atoms with Gasteiger partial charge in [0.05, 0.1) is 6.54 Å². The topological polar surface area (TPSA) is 57.3 Å². The molecule has 0 spiro atoms. The molecular weight excluding hydrogens is 228 g/mol. The summed E-state index contributed by atoms with van der Waals surface area (Å²) in [5.41, 5.74) is 2.31.